The zero-order chi connectivity index (χ0) is 27.5. The topological polar surface area (TPSA) is 135 Å². The van der Waals surface area contributed by atoms with E-state index in [-0.39, 0.29) is 34.7 Å². The Balaban J connectivity index is 0.000000479. The van der Waals surface area contributed by atoms with Gasteiger partial charge in [0.25, 0.3) is 18.3 Å². The minimum atomic E-state index is -5.08. The van der Waals surface area contributed by atoms with E-state index in [9.17, 15) is 35.5 Å². The fourth-order valence-electron chi connectivity index (χ4n) is 3.43. The molecule has 1 fully saturated rings. The maximum Gasteiger partial charge on any atom is 0.490 e. The number of aromatic nitrogens is 3. The number of aliphatic carboxylic acids is 1. The van der Waals surface area contributed by atoms with E-state index in [0.717, 1.165) is 11.3 Å². The molecule has 0 unspecified atom stereocenters. The maximum absolute atomic E-state index is 13.9. The Labute approximate surface area is 207 Å². The first-order valence-electron chi connectivity index (χ1n) is 10.4. The lowest BCUT2D eigenvalue weighted by molar-refractivity contribution is -0.192. The molecule has 3 aromatic rings. The van der Waals surface area contributed by atoms with Gasteiger partial charge in [0.1, 0.15) is 11.4 Å². The highest BCUT2D eigenvalue weighted by Gasteiger charge is 2.44. The highest BCUT2D eigenvalue weighted by atomic mass is 32.1. The normalized spacial score (nSPS) is 19.3. The van der Waals surface area contributed by atoms with Crippen LogP contribution in [-0.4, -0.2) is 55.8 Å². The van der Waals surface area contributed by atoms with Crippen LogP contribution in [0, 0.1) is 0 Å². The van der Waals surface area contributed by atoms with Crippen molar-refractivity contribution >= 4 is 40.4 Å². The number of nitrogens with zero attached hydrogens (tertiary/aromatic N) is 3. The molecule has 5 N–H and O–H groups in total. The smallest absolute Gasteiger partial charge is 0.475 e. The van der Waals surface area contributed by atoms with E-state index in [4.69, 9.17) is 15.6 Å². The fraction of sp³-hybridized carbons (Fsp3) is 0.400. The Morgan fingerprint density at radius 1 is 1.27 bits per heavy atom. The summed E-state index contributed by atoms with van der Waals surface area (Å²) in [4.78, 5) is 25.8. The number of nitrogens with two attached hydrogens (primary N) is 1. The first-order valence-corrected chi connectivity index (χ1v) is 11.3. The van der Waals surface area contributed by atoms with Gasteiger partial charge in [-0.25, -0.2) is 31.9 Å². The molecule has 1 saturated carbocycles. The monoisotopic (exact) mass is 556 g/mol. The molecule has 0 bridgehead atoms. The molecule has 1 amide bonds. The van der Waals surface area contributed by atoms with Gasteiger partial charge in [-0.05, 0) is 18.9 Å². The van der Waals surface area contributed by atoms with Crippen LogP contribution >= 0.6 is 11.3 Å². The third-order valence-electron chi connectivity index (χ3n) is 5.31. The van der Waals surface area contributed by atoms with Gasteiger partial charge in [0.2, 0.25) is 0 Å². The number of anilines is 2. The van der Waals surface area contributed by atoms with Crippen LogP contribution < -0.4 is 16.4 Å². The number of hydrogen-bond acceptors (Lipinski definition) is 7. The summed E-state index contributed by atoms with van der Waals surface area (Å²) in [6.07, 6.45) is -4.49. The van der Waals surface area contributed by atoms with Crippen molar-refractivity contribution in [1.29, 1.82) is 0 Å². The van der Waals surface area contributed by atoms with Crippen LogP contribution in [-0.2, 0) is 4.79 Å². The average Bonchev–Trinajstić information content (AvgIpc) is 3.43. The van der Waals surface area contributed by atoms with Gasteiger partial charge in [-0.1, -0.05) is 0 Å². The van der Waals surface area contributed by atoms with Gasteiger partial charge in [0, 0.05) is 29.4 Å². The number of alkyl halides is 7. The van der Waals surface area contributed by atoms with Gasteiger partial charge in [0.05, 0.1) is 23.5 Å². The zero-order valence-corrected chi connectivity index (χ0v) is 19.3. The molecule has 1 aliphatic rings. The number of carbonyl (C=O) groups is 2. The number of thiophene rings is 1. The standard InChI is InChI=1S/C18H18F4N6OS.C2HF3O2/c19-15(20)10-7-30-8-12(10)26-17(29)9-6-24-28-5-3-13(27-16(9)28)25-11-2-1-4-18(21,22)14(11)23;3-2(4,5)1(6)7/h3,5-8,11,14-15H,1-2,4,23H2,(H,25,27)(H,26,29);(H,6,7)/t11-,14-;/m1./s1. The van der Waals surface area contributed by atoms with Crippen molar-refractivity contribution in [3.05, 3.63) is 40.3 Å². The van der Waals surface area contributed by atoms with Gasteiger partial charge in [-0.2, -0.15) is 18.3 Å². The summed E-state index contributed by atoms with van der Waals surface area (Å²) in [5, 5.41) is 19.2. The number of amides is 1. The van der Waals surface area contributed by atoms with E-state index >= 15 is 0 Å². The van der Waals surface area contributed by atoms with Gasteiger partial charge >= 0.3 is 12.1 Å². The fourth-order valence-corrected chi connectivity index (χ4v) is 4.20. The van der Waals surface area contributed by atoms with Crippen LogP contribution in [0.4, 0.5) is 42.2 Å². The molecule has 3 heterocycles. The molecule has 3 aromatic heterocycles. The number of halogens is 7. The molecular formula is C20H19F7N6O3S. The van der Waals surface area contributed by atoms with Crippen LogP contribution in [0.1, 0.15) is 41.6 Å². The second-order valence-corrected chi connectivity index (χ2v) is 8.61. The number of hydrogen-bond donors (Lipinski definition) is 4. The second kappa shape index (κ2) is 10.9. The summed E-state index contributed by atoms with van der Waals surface area (Å²) >= 11 is 1.04. The van der Waals surface area contributed by atoms with Crippen LogP contribution in [0.15, 0.2) is 29.2 Å². The molecule has 0 aliphatic heterocycles. The maximum atomic E-state index is 13.9. The molecule has 37 heavy (non-hydrogen) atoms. The molecule has 2 atom stereocenters. The van der Waals surface area contributed by atoms with E-state index < -0.39 is 42.5 Å². The van der Waals surface area contributed by atoms with Crippen molar-refractivity contribution in [3.8, 4) is 0 Å². The second-order valence-electron chi connectivity index (χ2n) is 7.87. The van der Waals surface area contributed by atoms with Crippen LogP contribution in [0.5, 0.6) is 0 Å². The van der Waals surface area contributed by atoms with Crippen molar-refractivity contribution in [2.24, 2.45) is 5.73 Å². The molecule has 0 saturated heterocycles. The van der Waals surface area contributed by atoms with E-state index in [1.807, 2.05) is 0 Å². The number of carboxylic acid groups (broad SMARTS) is 1. The summed E-state index contributed by atoms with van der Waals surface area (Å²) in [5.41, 5.74) is 5.67. The third kappa shape index (κ3) is 6.65. The highest BCUT2D eigenvalue weighted by molar-refractivity contribution is 7.08. The lowest BCUT2D eigenvalue weighted by Gasteiger charge is -2.36. The van der Waals surface area contributed by atoms with Crippen LogP contribution in [0.2, 0.25) is 0 Å². The summed E-state index contributed by atoms with van der Waals surface area (Å²) in [6.45, 7) is 0. The third-order valence-corrected chi connectivity index (χ3v) is 6.07. The Hall–Kier alpha value is -3.47. The van der Waals surface area contributed by atoms with Crippen LogP contribution in [0.3, 0.4) is 0 Å². The van der Waals surface area contributed by atoms with Gasteiger partial charge in [-0.3, -0.25) is 4.79 Å². The lowest BCUT2D eigenvalue weighted by Crippen LogP contribution is -2.55. The van der Waals surface area contributed by atoms with Crippen molar-refractivity contribution in [3.63, 3.8) is 0 Å². The predicted octanol–water partition coefficient (Wildman–Crippen LogP) is 4.54. The quantitative estimate of drug-likeness (QED) is 0.339. The minimum absolute atomic E-state index is 0.0176. The average molecular weight is 556 g/mol. The molecule has 9 nitrogen and oxygen atoms in total. The van der Waals surface area contributed by atoms with E-state index in [0.29, 0.717) is 12.8 Å². The highest BCUT2D eigenvalue weighted by Crippen LogP contribution is 2.34. The summed E-state index contributed by atoms with van der Waals surface area (Å²) < 4.78 is 86.9. The first kappa shape index (κ1) is 28.1. The van der Waals surface area contributed by atoms with Gasteiger partial charge in [-0.15, -0.1) is 11.3 Å². The van der Waals surface area contributed by atoms with Crippen molar-refractivity contribution < 1.29 is 45.4 Å². The Kier molecular flexibility index (Phi) is 8.26. The lowest BCUT2D eigenvalue weighted by atomic mass is 9.87. The van der Waals surface area contributed by atoms with Gasteiger partial charge in [0.15, 0.2) is 5.65 Å². The summed E-state index contributed by atoms with van der Waals surface area (Å²) in [5.74, 6) is -6.12. The number of carbonyl (C=O) groups excluding carboxylic acids is 1. The molecule has 0 spiro atoms. The Morgan fingerprint density at radius 2 is 1.95 bits per heavy atom. The SMILES string of the molecule is N[C@@H]1[C@H](Nc2ccn3ncc(C(=O)Nc4cscc4C(F)F)c3n2)CCCC1(F)F.O=C(O)C(F)(F)F. The predicted molar refractivity (Wildman–Crippen MR) is 118 cm³/mol. The molecule has 1 aliphatic carbocycles. The number of nitrogens with one attached hydrogen (secondary N) is 2. The molecule has 202 valence electrons. The number of fused-ring (bicyclic) bond motifs is 1. The molecule has 0 aromatic carbocycles. The van der Waals surface area contributed by atoms with Crippen LogP contribution in [0.25, 0.3) is 5.65 Å². The molecule has 17 heteroatoms. The van der Waals surface area contributed by atoms with E-state index in [1.165, 1.54) is 33.7 Å². The van der Waals surface area contributed by atoms with Gasteiger partial charge < -0.3 is 21.5 Å². The number of rotatable bonds is 5. The van der Waals surface area contributed by atoms with E-state index in [2.05, 4.69) is 20.7 Å². The van der Waals surface area contributed by atoms with Crippen molar-refractivity contribution in [2.75, 3.05) is 10.6 Å². The Morgan fingerprint density at radius 3 is 2.57 bits per heavy atom. The zero-order valence-electron chi connectivity index (χ0n) is 18.5. The summed E-state index contributed by atoms with van der Waals surface area (Å²) in [7, 11) is 0. The minimum Gasteiger partial charge on any atom is -0.475 e. The Bertz CT molecular complexity index is 1260. The van der Waals surface area contributed by atoms with Crippen molar-refractivity contribution in [1.82, 2.24) is 14.6 Å². The summed E-state index contributed by atoms with van der Waals surface area (Å²) in [6, 6.07) is -0.499. The molecular weight excluding hydrogens is 537 g/mol. The first-order chi connectivity index (χ1) is 17.2. The molecule has 4 rings (SSSR count). The largest absolute Gasteiger partial charge is 0.490 e. The van der Waals surface area contributed by atoms with E-state index in [1.54, 1.807) is 0 Å². The van der Waals surface area contributed by atoms with Crippen molar-refractivity contribution in [2.45, 2.75) is 49.9 Å². The number of carboxylic acids is 1. The molecule has 0 radical (unpaired) electrons.